The quantitative estimate of drug-likeness (QED) is 0.813. The van der Waals surface area contributed by atoms with E-state index in [4.69, 9.17) is 0 Å². The summed E-state index contributed by atoms with van der Waals surface area (Å²) in [6.45, 7) is 0.165. The fourth-order valence-electron chi connectivity index (χ4n) is 2.61. The number of aromatic nitrogens is 1. The number of hydrogen-bond acceptors (Lipinski definition) is 5. The number of methoxy groups -OCH3 is 1. The number of nitrogens with one attached hydrogen (secondary N) is 1. The van der Waals surface area contributed by atoms with Crippen molar-refractivity contribution in [3.63, 3.8) is 0 Å². The van der Waals surface area contributed by atoms with Crippen LogP contribution in [0.1, 0.15) is 46.5 Å². The number of nitrogens with zero attached hydrogens (tertiary/aromatic N) is 1. The van der Waals surface area contributed by atoms with Gasteiger partial charge in [-0.15, -0.1) is 0 Å². The maximum absolute atomic E-state index is 12.1. The summed E-state index contributed by atoms with van der Waals surface area (Å²) >= 11 is 0. The Hall–Kier alpha value is -1.95. The zero-order chi connectivity index (χ0) is 15.2. The molecule has 1 saturated carbocycles. The van der Waals surface area contributed by atoms with E-state index >= 15 is 0 Å². The van der Waals surface area contributed by atoms with Gasteiger partial charge in [-0.3, -0.25) is 9.78 Å². The van der Waals surface area contributed by atoms with Crippen molar-refractivity contribution in [3.05, 3.63) is 29.6 Å². The molecule has 1 heterocycles. The van der Waals surface area contributed by atoms with Gasteiger partial charge in [0.15, 0.2) is 0 Å². The summed E-state index contributed by atoms with van der Waals surface area (Å²) in [5, 5.41) is 12.1. The van der Waals surface area contributed by atoms with Crippen LogP contribution in [0, 0.1) is 5.92 Å². The molecule has 1 aromatic heterocycles. The Morgan fingerprint density at radius 3 is 2.86 bits per heavy atom. The van der Waals surface area contributed by atoms with Crippen molar-refractivity contribution < 1.29 is 19.4 Å². The molecule has 2 rings (SSSR count). The topological polar surface area (TPSA) is 88.5 Å². The second-order valence-electron chi connectivity index (χ2n) is 5.31. The molecule has 114 valence electrons. The van der Waals surface area contributed by atoms with Crippen LogP contribution >= 0.6 is 0 Å². The van der Waals surface area contributed by atoms with Crippen LogP contribution in [0.25, 0.3) is 0 Å². The van der Waals surface area contributed by atoms with Gasteiger partial charge >= 0.3 is 5.97 Å². The minimum Gasteiger partial charge on any atom is -0.465 e. The van der Waals surface area contributed by atoms with E-state index in [1.54, 1.807) is 0 Å². The van der Waals surface area contributed by atoms with Gasteiger partial charge < -0.3 is 15.2 Å². The number of esters is 1. The van der Waals surface area contributed by atoms with Gasteiger partial charge in [0.05, 0.1) is 12.7 Å². The lowest BCUT2D eigenvalue weighted by Gasteiger charge is -2.28. The highest BCUT2D eigenvalue weighted by atomic mass is 16.5. The Labute approximate surface area is 123 Å². The van der Waals surface area contributed by atoms with Crippen LogP contribution in [-0.2, 0) is 4.74 Å². The predicted molar refractivity (Wildman–Crippen MR) is 75.9 cm³/mol. The summed E-state index contributed by atoms with van der Waals surface area (Å²) in [5.74, 6) is -0.471. The van der Waals surface area contributed by atoms with E-state index in [2.05, 4.69) is 15.0 Å². The van der Waals surface area contributed by atoms with Gasteiger partial charge in [-0.1, -0.05) is 6.42 Å². The molecule has 0 saturated heterocycles. The Bertz CT molecular complexity index is 501. The minimum absolute atomic E-state index is 0.0745. The second kappa shape index (κ2) is 7.17. The predicted octanol–water partition coefficient (Wildman–Crippen LogP) is 1.15. The van der Waals surface area contributed by atoms with Crippen molar-refractivity contribution in [1.29, 1.82) is 0 Å². The van der Waals surface area contributed by atoms with Crippen molar-refractivity contribution in [1.82, 2.24) is 10.3 Å². The molecule has 0 spiro atoms. The SMILES string of the molecule is COC(=O)c1ccc(C(=O)N[C@@H]2CCC[C@@H](CO)C2)nc1. The average Bonchev–Trinajstić information content (AvgIpc) is 2.54. The third kappa shape index (κ3) is 4.01. The van der Waals surface area contributed by atoms with Crippen molar-refractivity contribution in [2.75, 3.05) is 13.7 Å². The molecule has 0 unspecified atom stereocenters. The standard InChI is InChI=1S/C15H20N2O4/c1-21-15(20)11-5-6-13(16-8-11)14(19)17-12-4-2-3-10(7-12)9-18/h5-6,8,10,12,18H,2-4,7,9H2,1H3,(H,17,19)/t10-,12-/m1/s1. The highest BCUT2D eigenvalue weighted by Crippen LogP contribution is 2.23. The number of pyridine rings is 1. The first-order valence-corrected chi connectivity index (χ1v) is 7.10. The molecule has 1 aliphatic rings. The molecule has 0 radical (unpaired) electrons. The van der Waals surface area contributed by atoms with Crippen LogP contribution in [0.15, 0.2) is 18.3 Å². The molecule has 1 amide bonds. The summed E-state index contributed by atoms with van der Waals surface area (Å²) < 4.78 is 4.58. The molecule has 6 nitrogen and oxygen atoms in total. The molecule has 6 heteroatoms. The molecule has 2 N–H and O–H groups in total. The van der Waals surface area contributed by atoms with Gasteiger partial charge in [0.1, 0.15) is 5.69 Å². The van der Waals surface area contributed by atoms with E-state index in [1.807, 2.05) is 0 Å². The monoisotopic (exact) mass is 292 g/mol. The van der Waals surface area contributed by atoms with Gasteiger partial charge in [-0.2, -0.15) is 0 Å². The second-order valence-corrected chi connectivity index (χ2v) is 5.31. The molecule has 21 heavy (non-hydrogen) atoms. The summed E-state index contributed by atoms with van der Waals surface area (Å²) in [6.07, 6.45) is 5.06. The van der Waals surface area contributed by atoms with E-state index in [-0.39, 0.29) is 30.2 Å². The van der Waals surface area contributed by atoms with Gasteiger partial charge in [0.25, 0.3) is 5.91 Å². The van der Waals surface area contributed by atoms with Crippen LogP contribution in [0.3, 0.4) is 0 Å². The molecular formula is C15H20N2O4. The highest BCUT2D eigenvalue weighted by molar-refractivity contribution is 5.94. The van der Waals surface area contributed by atoms with Crippen molar-refractivity contribution in [2.45, 2.75) is 31.7 Å². The molecule has 2 atom stereocenters. The number of amides is 1. The van der Waals surface area contributed by atoms with Gasteiger partial charge in [0.2, 0.25) is 0 Å². The number of carbonyl (C=O) groups is 2. The molecule has 1 aromatic rings. The first-order valence-electron chi connectivity index (χ1n) is 7.10. The first kappa shape index (κ1) is 15.4. The maximum atomic E-state index is 12.1. The summed E-state index contributed by atoms with van der Waals surface area (Å²) in [4.78, 5) is 27.4. The Balaban J connectivity index is 1.95. The third-order valence-corrected chi connectivity index (χ3v) is 3.79. The zero-order valence-electron chi connectivity index (χ0n) is 12.0. The van der Waals surface area contributed by atoms with Gasteiger partial charge in [-0.25, -0.2) is 4.79 Å². The van der Waals surface area contributed by atoms with Crippen molar-refractivity contribution in [3.8, 4) is 0 Å². The third-order valence-electron chi connectivity index (χ3n) is 3.79. The normalized spacial score (nSPS) is 21.6. The van der Waals surface area contributed by atoms with Gasteiger partial charge in [0, 0.05) is 18.8 Å². The number of ether oxygens (including phenoxy) is 1. The fraction of sp³-hybridized carbons (Fsp3) is 0.533. The highest BCUT2D eigenvalue weighted by Gasteiger charge is 2.23. The van der Waals surface area contributed by atoms with E-state index in [0.29, 0.717) is 5.56 Å². The summed E-state index contributed by atoms with van der Waals surface area (Å²) in [7, 11) is 1.30. The lowest BCUT2D eigenvalue weighted by molar-refractivity contribution is 0.0599. The Kier molecular flexibility index (Phi) is 5.27. The van der Waals surface area contributed by atoms with Crippen molar-refractivity contribution in [2.24, 2.45) is 5.92 Å². The number of aliphatic hydroxyl groups excluding tert-OH is 1. The van der Waals surface area contributed by atoms with Gasteiger partial charge in [-0.05, 0) is 37.3 Å². The molecule has 1 fully saturated rings. The molecular weight excluding hydrogens is 272 g/mol. The molecule has 0 bridgehead atoms. The zero-order valence-corrected chi connectivity index (χ0v) is 12.0. The first-order chi connectivity index (χ1) is 10.1. The lowest BCUT2D eigenvalue weighted by Crippen LogP contribution is -2.39. The van der Waals surface area contributed by atoms with E-state index in [9.17, 15) is 14.7 Å². The molecule has 0 aromatic carbocycles. The van der Waals surface area contributed by atoms with Crippen LogP contribution in [0.5, 0.6) is 0 Å². The van der Waals surface area contributed by atoms with Crippen LogP contribution in [0.4, 0.5) is 0 Å². The summed E-state index contributed by atoms with van der Waals surface area (Å²) in [6, 6.07) is 3.10. The van der Waals surface area contributed by atoms with Crippen LogP contribution < -0.4 is 5.32 Å². The number of carbonyl (C=O) groups excluding carboxylic acids is 2. The largest absolute Gasteiger partial charge is 0.465 e. The summed E-state index contributed by atoms with van der Waals surface area (Å²) in [5.41, 5.74) is 0.584. The van der Waals surface area contributed by atoms with E-state index in [1.165, 1.54) is 25.4 Å². The van der Waals surface area contributed by atoms with Crippen LogP contribution in [0.2, 0.25) is 0 Å². The Morgan fingerprint density at radius 2 is 2.24 bits per heavy atom. The van der Waals surface area contributed by atoms with E-state index < -0.39 is 5.97 Å². The number of aliphatic hydroxyl groups is 1. The number of rotatable bonds is 4. The van der Waals surface area contributed by atoms with E-state index in [0.717, 1.165) is 25.7 Å². The number of hydrogen-bond donors (Lipinski definition) is 2. The smallest absolute Gasteiger partial charge is 0.339 e. The Morgan fingerprint density at radius 1 is 1.43 bits per heavy atom. The average molecular weight is 292 g/mol. The lowest BCUT2D eigenvalue weighted by atomic mass is 9.86. The van der Waals surface area contributed by atoms with Crippen LogP contribution in [-0.4, -0.2) is 41.7 Å². The maximum Gasteiger partial charge on any atom is 0.339 e. The molecule has 0 aliphatic heterocycles. The minimum atomic E-state index is -0.479. The van der Waals surface area contributed by atoms with Crippen molar-refractivity contribution >= 4 is 11.9 Å². The fourth-order valence-corrected chi connectivity index (χ4v) is 2.61. The molecule has 1 aliphatic carbocycles.